The van der Waals surface area contributed by atoms with Crippen LogP contribution in [0.4, 0.5) is 5.69 Å². The number of carbonyl (C=O) groups is 1. The zero-order chi connectivity index (χ0) is 15.2. The van der Waals surface area contributed by atoms with E-state index < -0.39 is 0 Å². The van der Waals surface area contributed by atoms with Crippen LogP contribution in [0, 0.1) is 0 Å². The van der Waals surface area contributed by atoms with Crippen LogP contribution in [-0.2, 0) is 4.79 Å². The fourth-order valence-electron chi connectivity index (χ4n) is 2.60. The first-order valence-corrected chi connectivity index (χ1v) is 9.01. The van der Waals surface area contributed by atoms with E-state index in [9.17, 15) is 4.79 Å². The van der Waals surface area contributed by atoms with Crippen molar-refractivity contribution >= 4 is 46.6 Å². The van der Waals surface area contributed by atoms with Crippen molar-refractivity contribution in [2.24, 2.45) is 0 Å². The molecular weight excluding hydrogens is 327 g/mol. The number of thioether (sulfide) groups is 1. The molecule has 2 unspecified atom stereocenters. The molecule has 2 atom stereocenters. The van der Waals surface area contributed by atoms with Gasteiger partial charge in [-0.2, -0.15) is 11.8 Å². The molecule has 1 aliphatic carbocycles. The largest absolute Gasteiger partial charge is 0.322 e. The number of benzene rings is 1. The van der Waals surface area contributed by atoms with Crippen molar-refractivity contribution in [3.63, 3.8) is 0 Å². The van der Waals surface area contributed by atoms with E-state index in [1.807, 2.05) is 11.8 Å². The van der Waals surface area contributed by atoms with Gasteiger partial charge in [-0.1, -0.05) is 42.6 Å². The standard InChI is InChI=1S/C15H20Cl2N2OS/c1-2-21-13-8-4-7-12(13)18-9-14(20)19-15-10(16)5-3-6-11(15)17/h3,5-6,12-13,18H,2,4,7-9H2,1H3,(H,19,20). The van der Waals surface area contributed by atoms with Gasteiger partial charge in [0.25, 0.3) is 0 Å². The number of rotatable bonds is 6. The van der Waals surface area contributed by atoms with Crippen LogP contribution < -0.4 is 10.6 Å². The third-order valence-electron chi connectivity index (χ3n) is 3.59. The smallest absolute Gasteiger partial charge is 0.238 e. The molecule has 2 N–H and O–H groups in total. The highest BCUT2D eigenvalue weighted by Crippen LogP contribution is 2.31. The Hall–Kier alpha value is -0.420. The molecule has 2 rings (SSSR count). The highest BCUT2D eigenvalue weighted by Gasteiger charge is 2.27. The van der Waals surface area contributed by atoms with Crippen LogP contribution in [0.15, 0.2) is 18.2 Å². The van der Waals surface area contributed by atoms with Crippen molar-refractivity contribution in [1.82, 2.24) is 5.32 Å². The van der Waals surface area contributed by atoms with Gasteiger partial charge in [0, 0.05) is 11.3 Å². The van der Waals surface area contributed by atoms with Crippen LogP contribution in [0.25, 0.3) is 0 Å². The molecule has 1 fully saturated rings. The Balaban J connectivity index is 1.85. The second-order valence-electron chi connectivity index (χ2n) is 5.06. The number of hydrogen-bond donors (Lipinski definition) is 2. The van der Waals surface area contributed by atoms with Crippen molar-refractivity contribution in [2.45, 2.75) is 37.5 Å². The van der Waals surface area contributed by atoms with Crippen LogP contribution in [0.5, 0.6) is 0 Å². The maximum absolute atomic E-state index is 12.0. The van der Waals surface area contributed by atoms with Crippen LogP contribution in [0.2, 0.25) is 10.0 Å². The predicted molar refractivity (Wildman–Crippen MR) is 92.7 cm³/mol. The number of halogens is 2. The van der Waals surface area contributed by atoms with Gasteiger partial charge in [0.1, 0.15) is 0 Å². The number of amides is 1. The van der Waals surface area contributed by atoms with E-state index in [1.165, 1.54) is 12.8 Å². The average molecular weight is 347 g/mol. The first kappa shape index (κ1) is 16.9. The zero-order valence-electron chi connectivity index (χ0n) is 12.0. The number of carbonyl (C=O) groups excluding carboxylic acids is 1. The van der Waals surface area contributed by atoms with Gasteiger partial charge >= 0.3 is 0 Å². The fraction of sp³-hybridized carbons (Fsp3) is 0.533. The monoisotopic (exact) mass is 346 g/mol. The highest BCUT2D eigenvalue weighted by molar-refractivity contribution is 7.99. The summed E-state index contributed by atoms with van der Waals surface area (Å²) in [7, 11) is 0. The van der Waals surface area contributed by atoms with Crippen molar-refractivity contribution in [2.75, 3.05) is 17.6 Å². The molecule has 0 saturated heterocycles. The van der Waals surface area contributed by atoms with Gasteiger partial charge in [-0.15, -0.1) is 0 Å². The van der Waals surface area contributed by atoms with Gasteiger partial charge in [-0.3, -0.25) is 4.79 Å². The van der Waals surface area contributed by atoms with E-state index in [4.69, 9.17) is 23.2 Å². The second kappa shape index (κ2) is 8.28. The number of nitrogens with one attached hydrogen (secondary N) is 2. The van der Waals surface area contributed by atoms with E-state index in [0.717, 1.165) is 12.2 Å². The van der Waals surface area contributed by atoms with Crippen molar-refractivity contribution in [3.05, 3.63) is 28.2 Å². The average Bonchev–Trinajstić information content (AvgIpc) is 2.89. The fourth-order valence-corrected chi connectivity index (χ4v) is 4.32. The molecule has 1 aromatic rings. The van der Waals surface area contributed by atoms with Gasteiger partial charge in [-0.25, -0.2) is 0 Å². The summed E-state index contributed by atoms with van der Waals surface area (Å²) in [5, 5.41) is 7.66. The third kappa shape index (κ3) is 4.78. The van der Waals surface area contributed by atoms with Gasteiger partial charge in [0.05, 0.1) is 22.3 Å². The van der Waals surface area contributed by atoms with Crippen molar-refractivity contribution < 1.29 is 4.79 Å². The van der Waals surface area contributed by atoms with Crippen molar-refractivity contribution in [1.29, 1.82) is 0 Å². The van der Waals surface area contributed by atoms with Crippen molar-refractivity contribution in [3.8, 4) is 0 Å². The minimum absolute atomic E-state index is 0.114. The summed E-state index contributed by atoms with van der Waals surface area (Å²) < 4.78 is 0. The summed E-state index contributed by atoms with van der Waals surface area (Å²) in [6.07, 6.45) is 3.60. The minimum atomic E-state index is -0.114. The summed E-state index contributed by atoms with van der Waals surface area (Å²) in [5.74, 6) is 1.00. The zero-order valence-corrected chi connectivity index (χ0v) is 14.3. The molecule has 0 bridgehead atoms. The molecule has 0 heterocycles. The maximum Gasteiger partial charge on any atom is 0.238 e. The van der Waals surface area contributed by atoms with E-state index in [1.54, 1.807) is 18.2 Å². The Labute approximate surface area is 140 Å². The lowest BCUT2D eigenvalue weighted by Crippen LogP contribution is -2.39. The Kier molecular flexibility index (Phi) is 6.68. The summed E-state index contributed by atoms with van der Waals surface area (Å²) in [5.41, 5.74) is 0.485. The molecule has 1 aliphatic rings. The molecular formula is C15H20Cl2N2OS. The summed E-state index contributed by atoms with van der Waals surface area (Å²) in [4.78, 5) is 12.0. The summed E-state index contributed by atoms with van der Waals surface area (Å²) in [6, 6.07) is 5.59. The van der Waals surface area contributed by atoms with Crippen LogP contribution in [0.1, 0.15) is 26.2 Å². The lowest BCUT2D eigenvalue weighted by molar-refractivity contribution is -0.115. The van der Waals surface area contributed by atoms with E-state index in [0.29, 0.717) is 27.0 Å². The molecule has 1 amide bonds. The topological polar surface area (TPSA) is 41.1 Å². The second-order valence-corrected chi connectivity index (χ2v) is 7.39. The number of hydrogen-bond acceptors (Lipinski definition) is 3. The Morgan fingerprint density at radius 2 is 2.05 bits per heavy atom. The van der Waals surface area contributed by atoms with E-state index in [2.05, 4.69) is 17.6 Å². The number of para-hydroxylation sites is 1. The molecule has 0 radical (unpaired) electrons. The molecule has 1 saturated carbocycles. The van der Waals surface area contributed by atoms with Gasteiger partial charge in [0.2, 0.25) is 5.91 Å². The lowest BCUT2D eigenvalue weighted by Gasteiger charge is -2.20. The highest BCUT2D eigenvalue weighted by atomic mass is 35.5. The molecule has 6 heteroatoms. The summed E-state index contributed by atoms with van der Waals surface area (Å²) in [6.45, 7) is 2.46. The Morgan fingerprint density at radius 3 is 2.71 bits per heavy atom. The molecule has 116 valence electrons. The van der Waals surface area contributed by atoms with Crippen LogP contribution >= 0.6 is 35.0 Å². The third-order valence-corrected chi connectivity index (χ3v) is 5.54. The number of anilines is 1. The normalized spacial score (nSPS) is 21.5. The van der Waals surface area contributed by atoms with Gasteiger partial charge < -0.3 is 10.6 Å². The SMILES string of the molecule is CCSC1CCCC1NCC(=O)Nc1c(Cl)cccc1Cl. The van der Waals surface area contributed by atoms with E-state index >= 15 is 0 Å². The molecule has 3 nitrogen and oxygen atoms in total. The van der Waals surface area contributed by atoms with E-state index in [-0.39, 0.29) is 12.5 Å². The maximum atomic E-state index is 12.0. The van der Waals surface area contributed by atoms with Gasteiger partial charge in [0.15, 0.2) is 0 Å². The van der Waals surface area contributed by atoms with Gasteiger partial charge in [-0.05, 0) is 30.7 Å². The Bertz CT molecular complexity index is 478. The quantitative estimate of drug-likeness (QED) is 0.811. The molecule has 21 heavy (non-hydrogen) atoms. The first-order valence-electron chi connectivity index (χ1n) is 7.20. The first-order chi connectivity index (χ1) is 10.1. The van der Waals surface area contributed by atoms with Crippen LogP contribution in [-0.4, -0.2) is 29.5 Å². The Morgan fingerprint density at radius 1 is 1.33 bits per heavy atom. The van der Waals surface area contributed by atoms with Crippen LogP contribution in [0.3, 0.4) is 0 Å². The molecule has 0 aromatic heterocycles. The molecule has 0 aliphatic heterocycles. The minimum Gasteiger partial charge on any atom is -0.322 e. The molecule has 1 aromatic carbocycles. The molecule has 0 spiro atoms. The predicted octanol–water partition coefficient (Wildman–Crippen LogP) is 4.20. The lowest BCUT2D eigenvalue weighted by atomic mass is 10.2. The summed E-state index contributed by atoms with van der Waals surface area (Å²) >= 11 is 14.1.